The molecule has 112 valence electrons. The summed E-state index contributed by atoms with van der Waals surface area (Å²) >= 11 is 6.36. The van der Waals surface area contributed by atoms with Gasteiger partial charge in [-0.1, -0.05) is 70.5 Å². The fourth-order valence-corrected chi connectivity index (χ4v) is 2.82. The molecule has 0 unspecified atom stereocenters. The number of aromatic nitrogens is 1. The zero-order valence-corrected chi connectivity index (χ0v) is 14.1. The van der Waals surface area contributed by atoms with Gasteiger partial charge in [-0.15, -0.1) is 0 Å². The molecule has 1 heterocycles. The van der Waals surface area contributed by atoms with Gasteiger partial charge in [-0.3, -0.25) is 0 Å². The molecule has 0 bridgehead atoms. The molecular formula is C18H23ClN2. The van der Waals surface area contributed by atoms with Crippen molar-refractivity contribution in [3.63, 3.8) is 0 Å². The van der Waals surface area contributed by atoms with Gasteiger partial charge >= 0.3 is 0 Å². The fourth-order valence-electron chi connectivity index (χ4n) is 2.40. The van der Waals surface area contributed by atoms with Crippen LogP contribution in [-0.2, 0) is 5.41 Å². The smallest absolute Gasteiger partial charge is 0.129 e. The van der Waals surface area contributed by atoms with Crippen LogP contribution in [0.5, 0.6) is 0 Å². The van der Waals surface area contributed by atoms with Gasteiger partial charge in [0.25, 0.3) is 0 Å². The summed E-state index contributed by atoms with van der Waals surface area (Å²) in [5.74, 6) is 0.787. The molecular weight excluding hydrogens is 280 g/mol. The molecule has 0 fully saturated rings. The Morgan fingerprint density at radius 2 is 1.67 bits per heavy atom. The molecule has 2 N–H and O–H groups in total. The van der Waals surface area contributed by atoms with E-state index in [1.165, 1.54) is 5.56 Å². The maximum absolute atomic E-state index is 6.36. The van der Waals surface area contributed by atoms with Crippen molar-refractivity contribution >= 4 is 17.4 Å². The number of benzene rings is 1. The van der Waals surface area contributed by atoms with E-state index in [2.05, 4.69) is 63.9 Å². The van der Waals surface area contributed by atoms with Crippen molar-refractivity contribution in [1.29, 1.82) is 0 Å². The van der Waals surface area contributed by atoms with Crippen molar-refractivity contribution in [2.24, 2.45) is 0 Å². The number of pyridine rings is 1. The molecule has 2 nitrogen and oxygen atoms in total. The third kappa shape index (κ3) is 3.38. The van der Waals surface area contributed by atoms with Crippen molar-refractivity contribution in [3.8, 4) is 11.3 Å². The Labute approximate surface area is 132 Å². The summed E-state index contributed by atoms with van der Waals surface area (Å²) in [6, 6.07) is 10.3. The molecule has 21 heavy (non-hydrogen) atoms. The van der Waals surface area contributed by atoms with Crippen LogP contribution < -0.4 is 5.73 Å². The van der Waals surface area contributed by atoms with Crippen LogP contribution >= 0.6 is 11.6 Å². The Balaban J connectivity index is 2.44. The summed E-state index contributed by atoms with van der Waals surface area (Å²) in [4.78, 5) is 4.51. The fraction of sp³-hybridized carbons (Fsp3) is 0.389. The van der Waals surface area contributed by atoms with E-state index in [1.54, 1.807) is 0 Å². The third-order valence-corrected chi connectivity index (χ3v) is 3.97. The topological polar surface area (TPSA) is 38.9 Å². The molecule has 1 aromatic heterocycles. The summed E-state index contributed by atoms with van der Waals surface area (Å²) in [6.07, 6.45) is 0. The second kappa shape index (κ2) is 5.69. The first-order valence-corrected chi connectivity index (χ1v) is 7.64. The highest BCUT2D eigenvalue weighted by Gasteiger charge is 2.15. The second-order valence-electron chi connectivity index (χ2n) is 6.77. The summed E-state index contributed by atoms with van der Waals surface area (Å²) in [7, 11) is 0. The molecule has 2 aromatic rings. The van der Waals surface area contributed by atoms with E-state index >= 15 is 0 Å². The average molecular weight is 303 g/mol. The first-order valence-electron chi connectivity index (χ1n) is 7.27. The van der Waals surface area contributed by atoms with Gasteiger partial charge in [-0.25, -0.2) is 4.98 Å². The van der Waals surface area contributed by atoms with Gasteiger partial charge in [0, 0.05) is 16.1 Å². The lowest BCUT2D eigenvalue weighted by Crippen LogP contribution is -2.10. The van der Waals surface area contributed by atoms with E-state index < -0.39 is 0 Å². The van der Waals surface area contributed by atoms with E-state index in [0.717, 1.165) is 16.8 Å². The van der Waals surface area contributed by atoms with E-state index in [4.69, 9.17) is 17.3 Å². The summed E-state index contributed by atoms with van der Waals surface area (Å²) < 4.78 is 0. The predicted molar refractivity (Wildman–Crippen MR) is 91.9 cm³/mol. The van der Waals surface area contributed by atoms with Gasteiger partial charge in [0.05, 0.1) is 5.69 Å². The first-order chi connectivity index (χ1) is 9.70. The number of nitrogens with two attached hydrogens (primary N) is 1. The third-order valence-electron chi connectivity index (χ3n) is 3.66. The first kappa shape index (κ1) is 15.8. The van der Waals surface area contributed by atoms with Gasteiger partial charge in [-0.2, -0.15) is 0 Å². The summed E-state index contributed by atoms with van der Waals surface area (Å²) in [5, 5.41) is 0.687. The minimum atomic E-state index is 0.143. The molecule has 0 radical (unpaired) electrons. The Morgan fingerprint density at radius 1 is 1.10 bits per heavy atom. The molecule has 0 amide bonds. The van der Waals surface area contributed by atoms with E-state index in [1.807, 2.05) is 6.07 Å². The Hall–Kier alpha value is -1.54. The standard InChI is InChI=1S/C18H23ClN2/c1-11(2)16-14(19)10-15(21-17(16)20)12-6-8-13(9-7-12)18(3,4)5/h6-11H,1-5H3,(H2,20,21). The minimum Gasteiger partial charge on any atom is -0.383 e. The number of hydrogen-bond acceptors (Lipinski definition) is 2. The molecule has 0 spiro atoms. The van der Waals surface area contributed by atoms with E-state index in [-0.39, 0.29) is 11.3 Å². The highest BCUT2D eigenvalue weighted by molar-refractivity contribution is 6.32. The van der Waals surface area contributed by atoms with Crippen molar-refractivity contribution < 1.29 is 0 Å². The van der Waals surface area contributed by atoms with Crippen LogP contribution in [0.2, 0.25) is 5.02 Å². The highest BCUT2D eigenvalue weighted by Crippen LogP contribution is 2.33. The molecule has 0 aliphatic rings. The molecule has 0 saturated heterocycles. The van der Waals surface area contributed by atoms with Gasteiger partial charge in [0.2, 0.25) is 0 Å². The van der Waals surface area contributed by atoms with E-state index in [9.17, 15) is 0 Å². The van der Waals surface area contributed by atoms with Crippen LogP contribution in [0, 0.1) is 0 Å². The monoisotopic (exact) mass is 302 g/mol. The molecule has 0 atom stereocenters. The number of nitrogen functional groups attached to an aromatic ring is 1. The van der Waals surface area contributed by atoms with Gasteiger partial charge in [-0.05, 0) is 23.0 Å². The normalized spacial score (nSPS) is 12.0. The predicted octanol–water partition coefficient (Wildman–Crippen LogP) is 5.41. The quantitative estimate of drug-likeness (QED) is 0.806. The molecule has 3 heteroatoms. The lowest BCUT2D eigenvalue weighted by atomic mass is 9.86. The molecule has 1 aromatic carbocycles. The molecule has 0 saturated carbocycles. The molecule has 0 aliphatic heterocycles. The lowest BCUT2D eigenvalue weighted by molar-refractivity contribution is 0.590. The van der Waals surface area contributed by atoms with Crippen LogP contribution in [0.4, 0.5) is 5.82 Å². The van der Waals surface area contributed by atoms with Gasteiger partial charge in [0.1, 0.15) is 5.82 Å². The SMILES string of the molecule is CC(C)c1c(Cl)cc(-c2ccc(C(C)(C)C)cc2)nc1N. The summed E-state index contributed by atoms with van der Waals surface area (Å²) in [6.45, 7) is 10.7. The Bertz CT molecular complexity index is 614. The van der Waals surface area contributed by atoms with Crippen LogP contribution in [0.15, 0.2) is 30.3 Å². The maximum Gasteiger partial charge on any atom is 0.129 e. The number of nitrogens with zero attached hydrogens (tertiary/aromatic N) is 1. The number of anilines is 1. The van der Waals surface area contributed by atoms with Crippen molar-refractivity contribution in [3.05, 3.63) is 46.5 Å². The minimum absolute atomic E-state index is 0.143. The van der Waals surface area contributed by atoms with Crippen molar-refractivity contribution in [2.45, 2.75) is 46.0 Å². The zero-order chi connectivity index (χ0) is 15.8. The Morgan fingerprint density at radius 3 is 2.10 bits per heavy atom. The Kier molecular flexibility index (Phi) is 4.29. The largest absolute Gasteiger partial charge is 0.383 e. The van der Waals surface area contributed by atoms with Crippen molar-refractivity contribution in [1.82, 2.24) is 4.98 Å². The maximum atomic E-state index is 6.36. The average Bonchev–Trinajstić information content (AvgIpc) is 2.36. The second-order valence-corrected chi connectivity index (χ2v) is 7.18. The number of halogens is 1. The van der Waals surface area contributed by atoms with Gasteiger partial charge in [0.15, 0.2) is 0 Å². The van der Waals surface area contributed by atoms with Crippen LogP contribution in [-0.4, -0.2) is 4.98 Å². The van der Waals surface area contributed by atoms with Crippen molar-refractivity contribution in [2.75, 3.05) is 5.73 Å². The molecule has 0 aliphatic carbocycles. The number of rotatable bonds is 2. The zero-order valence-electron chi connectivity index (χ0n) is 13.4. The lowest BCUT2D eigenvalue weighted by Gasteiger charge is -2.19. The summed E-state index contributed by atoms with van der Waals surface area (Å²) in [5.41, 5.74) is 10.3. The van der Waals surface area contributed by atoms with Crippen LogP contribution in [0.3, 0.4) is 0 Å². The molecule has 2 rings (SSSR count). The number of hydrogen-bond donors (Lipinski definition) is 1. The highest BCUT2D eigenvalue weighted by atomic mass is 35.5. The van der Waals surface area contributed by atoms with Gasteiger partial charge < -0.3 is 5.73 Å². The van der Waals surface area contributed by atoms with Crippen LogP contribution in [0.25, 0.3) is 11.3 Å². The van der Waals surface area contributed by atoms with Crippen LogP contribution in [0.1, 0.15) is 51.7 Å². The van der Waals surface area contributed by atoms with E-state index in [0.29, 0.717) is 10.8 Å².